The molecule has 1 N–H and O–H groups in total. The molecule has 4 aromatic rings. The first kappa shape index (κ1) is 23.0. The molecular formula is C26H23BrN2O3S. The topological polar surface area (TPSA) is 60.5 Å². The van der Waals surface area contributed by atoms with Gasteiger partial charge in [-0.25, -0.2) is 4.98 Å². The third kappa shape index (κ3) is 6.21. The van der Waals surface area contributed by atoms with Gasteiger partial charge in [0.05, 0.1) is 16.8 Å². The van der Waals surface area contributed by atoms with Crippen LogP contribution in [0.1, 0.15) is 13.3 Å². The van der Waals surface area contributed by atoms with Crippen LogP contribution in [-0.2, 0) is 4.79 Å². The third-order valence-electron chi connectivity index (χ3n) is 4.77. The minimum atomic E-state index is -0.266. The monoisotopic (exact) mass is 522 g/mol. The molecule has 0 spiro atoms. The van der Waals surface area contributed by atoms with Gasteiger partial charge in [0.1, 0.15) is 11.5 Å². The van der Waals surface area contributed by atoms with Gasteiger partial charge in [0, 0.05) is 10.9 Å². The summed E-state index contributed by atoms with van der Waals surface area (Å²) in [6.07, 6.45) is 0.969. The van der Waals surface area contributed by atoms with Crippen LogP contribution in [-0.4, -0.2) is 24.1 Å². The fourth-order valence-corrected chi connectivity index (χ4v) is 4.36. The van der Waals surface area contributed by atoms with Crippen LogP contribution >= 0.6 is 27.3 Å². The summed E-state index contributed by atoms with van der Waals surface area (Å²) in [7, 11) is 0. The highest BCUT2D eigenvalue weighted by atomic mass is 79.9. The van der Waals surface area contributed by atoms with Crippen LogP contribution in [0.5, 0.6) is 11.5 Å². The number of hydrogen-bond donors (Lipinski definition) is 1. The number of carbonyl (C=O) groups excluding carboxylic acids is 1. The number of halogens is 1. The minimum absolute atomic E-state index is 0.109. The van der Waals surface area contributed by atoms with Crippen LogP contribution in [0.25, 0.3) is 22.4 Å². The summed E-state index contributed by atoms with van der Waals surface area (Å²) in [5.74, 6) is 1.18. The highest BCUT2D eigenvalue weighted by molar-refractivity contribution is 9.10. The largest absolute Gasteiger partial charge is 0.494 e. The zero-order chi connectivity index (χ0) is 23.0. The van der Waals surface area contributed by atoms with Crippen molar-refractivity contribution in [2.75, 3.05) is 18.5 Å². The van der Waals surface area contributed by atoms with Gasteiger partial charge >= 0.3 is 0 Å². The molecule has 0 unspecified atom stereocenters. The number of hydrogen-bond acceptors (Lipinski definition) is 5. The number of rotatable bonds is 9. The molecule has 0 aliphatic carbocycles. The number of carbonyl (C=O) groups is 1. The van der Waals surface area contributed by atoms with Gasteiger partial charge in [-0.15, -0.1) is 11.3 Å². The molecule has 0 saturated heterocycles. The number of amides is 1. The number of aromatic nitrogens is 1. The average Bonchev–Trinajstić information content (AvgIpc) is 3.31. The number of benzene rings is 3. The van der Waals surface area contributed by atoms with E-state index in [0.29, 0.717) is 17.5 Å². The van der Waals surface area contributed by atoms with E-state index in [-0.39, 0.29) is 12.5 Å². The Bertz CT molecular complexity index is 1210. The van der Waals surface area contributed by atoms with Gasteiger partial charge in [-0.05, 0) is 69.9 Å². The first-order chi connectivity index (χ1) is 16.1. The standard InChI is InChI=1S/C26H23BrN2O3S/c1-2-14-31-21-11-8-19(9-12-21)23-17-33-26(28-23)29-25(30)16-32-24-13-10-20(15-22(24)27)18-6-4-3-5-7-18/h3-13,15,17H,2,14,16H2,1H3,(H,28,29,30). The first-order valence-electron chi connectivity index (χ1n) is 10.6. The van der Waals surface area contributed by atoms with Gasteiger partial charge in [-0.3, -0.25) is 10.1 Å². The van der Waals surface area contributed by atoms with E-state index in [1.165, 1.54) is 11.3 Å². The normalized spacial score (nSPS) is 10.6. The molecule has 1 amide bonds. The molecule has 0 fully saturated rings. The lowest BCUT2D eigenvalue weighted by atomic mass is 10.1. The Morgan fingerprint density at radius 1 is 0.970 bits per heavy atom. The van der Waals surface area contributed by atoms with Crippen molar-refractivity contribution in [1.82, 2.24) is 4.98 Å². The van der Waals surface area contributed by atoms with Gasteiger partial charge in [0.15, 0.2) is 11.7 Å². The molecule has 0 saturated carbocycles. The smallest absolute Gasteiger partial charge is 0.264 e. The predicted molar refractivity (Wildman–Crippen MR) is 137 cm³/mol. The Morgan fingerprint density at radius 3 is 2.45 bits per heavy atom. The van der Waals surface area contributed by atoms with Crippen LogP contribution in [0, 0.1) is 0 Å². The molecule has 1 aromatic heterocycles. The minimum Gasteiger partial charge on any atom is -0.494 e. The van der Waals surface area contributed by atoms with Crippen LogP contribution < -0.4 is 14.8 Å². The molecule has 7 heteroatoms. The molecule has 0 bridgehead atoms. The van der Waals surface area contributed by atoms with E-state index in [2.05, 4.69) is 33.2 Å². The van der Waals surface area contributed by atoms with E-state index in [9.17, 15) is 4.79 Å². The van der Waals surface area contributed by atoms with E-state index in [1.54, 1.807) is 0 Å². The molecule has 5 nitrogen and oxygen atoms in total. The molecule has 0 atom stereocenters. The van der Waals surface area contributed by atoms with E-state index < -0.39 is 0 Å². The van der Waals surface area contributed by atoms with E-state index >= 15 is 0 Å². The Hall–Kier alpha value is -3.16. The van der Waals surface area contributed by atoms with Crippen molar-refractivity contribution in [3.05, 3.63) is 82.6 Å². The van der Waals surface area contributed by atoms with Gasteiger partial charge < -0.3 is 9.47 Å². The molecule has 3 aromatic carbocycles. The lowest BCUT2D eigenvalue weighted by Gasteiger charge is -2.10. The van der Waals surface area contributed by atoms with Gasteiger partial charge in [0.25, 0.3) is 5.91 Å². The Morgan fingerprint density at radius 2 is 1.73 bits per heavy atom. The summed E-state index contributed by atoms with van der Waals surface area (Å²) < 4.78 is 12.1. The van der Waals surface area contributed by atoms with Crippen LogP contribution in [0.3, 0.4) is 0 Å². The zero-order valence-corrected chi connectivity index (χ0v) is 20.5. The van der Waals surface area contributed by atoms with E-state index in [0.717, 1.165) is 39.0 Å². The van der Waals surface area contributed by atoms with Crippen molar-refractivity contribution < 1.29 is 14.3 Å². The predicted octanol–water partition coefficient (Wildman–Crippen LogP) is 7.05. The second-order valence-electron chi connectivity index (χ2n) is 7.26. The van der Waals surface area contributed by atoms with Crippen LogP contribution in [0.2, 0.25) is 0 Å². The second kappa shape index (κ2) is 11.1. The SMILES string of the molecule is CCCOc1ccc(-c2csc(NC(=O)COc3ccc(-c4ccccc4)cc3Br)n2)cc1. The fraction of sp³-hybridized carbons (Fsp3) is 0.154. The summed E-state index contributed by atoms with van der Waals surface area (Å²) in [6, 6.07) is 23.7. The van der Waals surface area contributed by atoms with Gasteiger partial charge in [-0.2, -0.15) is 0 Å². The maximum atomic E-state index is 12.4. The van der Waals surface area contributed by atoms with Crippen molar-refractivity contribution in [2.24, 2.45) is 0 Å². The maximum absolute atomic E-state index is 12.4. The third-order valence-corrected chi connectivity index (χ3v) is 6.15. The maximum Gasteiger partial charge on any atom is 0.264 e. The fourth-order valence-electron chi connectivity index (χ4n) is 3.13. The van der Waals surface area contributed by atoms with Gasteiger partial charge in [-0.1, -0.05) is 43.3 Å². The molecule has 4 rings (SSSR count). The number of nitrogens with one attached hydrogen (secondary N) is 1. The molecule has 168 valence electrons. The quantitative estimate of drug-likeness (QED) is 0.256. The summed E-state index contributed by atoms with van der Waals surface area (Å²) in [5.41, 5.74) is 3.96. The number of nitrogens with zero attached hydrogens (tertiary/aromatic N) is 1. The molecular weight excluding hydrogens is 500 g/mol. The molecule has 33 heavy (non-hydrogen) atoms. The Balaban J connectivity index is 1.32. The Kier molecular flexibility index (Phi) is 7.75. The summed E-state index contributed by atoms with van der Waals surface area (Å²) in [4.78, 5) is 16.9. The zero-order valence-electron chi connectivity index (χ0n) is 18.1. The lowest BCUT2D eigenvalue weighted by Crippen LogP contribution is -2.20. The first-order valence-corrected chi connectivity index (χ1v) is 12.3. The average molecular weight is 523 g/mol. The summed E-state index contributed by atoms with van der Waals surface area (Å²) in [6.45, 7) is 2.66. The summed E-state index contributed by atoms with van der Waals surface area (Å²) in [5, 5.41) is 5.25. The van der Waals surface area contributed by atoms with Crippen molar-refractivity contribution in [3.8, 4) is 33.9 Å². The van der Waals surface area contributed by atoms with E-state index in [4.69, 9.17) is 9.47 Å². The van der Waals surface area contributed by atoms with Crippen LogP contribution in [0.4, 0.5) is 5.13 Å². The summed E-state index contributed by atoms with van der Waals surface area (Å²) >= 11 is 4.91. The van der Waals surface area contributed by atoms with Crippen molar-refractivity contribution >= 4 is 38.3 Å². The van der Waals surface area contributed by atoms with Gasteiger partial charge in [0.2, 0.25) is 0 Å². The Labute approximate surface area is 205 Å². The molecule has 0 aliphatic rings. The lowest BCUT2D eigenvalue weighted by molar-refractivity contribution is -0.118. The molecule has 0 aliphatic heterocycles. The van der Waals surface area contributed by atoms with E-state index in [1.807, 2.05) is 78.2 Å². The van der Waals surface area contributed by atoms with Crippen molar-refractivity contribution in [3.63, 3.8) is 0 Å². The molecule has 1 heterocycles. The highest BCUT2D eigenvalue weighted by Crippen LogP contribution is 2.31. The van der Waals surface area contributed by atoms with Crippen molar-refractivity contribution in [2.45, 2.75) is 13.3 Å². The highest BCUT2D eigenvalue weighted by Gasteiger charge is 2.11. The second-order valence-corrected chi connectivity index (χ2v) is 8.97. The molecule has 0 radical (unpaired) electrons. The van der Waals surface area contributed by atoms with Crippen molar-refractivity contribution in [1.29, 1.82) is 0 Å². The number of anilines is 1. The number of thiazole rings is 1. The number of ether oxygens (including phenoxy) is 2. The van der Waals surface area contributed by atoms with Crippen LogP contribution in [0.15, 0.2) is 82.6 Å².